The Morgan fingerprint density at radius 2 is 1.66 bits per heavy atom. The Morgan fingerprint density at radius 1 is 0.966 bits per heavy atom. The van der Waals surface area contributed by atoms with E-state index in [1.807, 2.05) is 30.3 Å². The van der Waals surface area contributed by atoms with Crippen molar-refractivity contribution in [2.45, 2.75) is 13.2 Å². The van der Waals surface area contributed by atoms with E-state index in [0.717, 1.165) is 16.5 Å². The summed E-state index contributed by atoms with van der Waals surface area (Å²) in [5.41, 5.74) is 2.25. The molecule has 0 saturated heterocycles. The monoisotopic (exact) mass is 393 g/mol. The lowest BCUT2D eigenvalue weighted by atomic mass is 10.2. The van der Waals surface area contributed by atoms with Crippen LogP contribution in [0.15, 0.2) is 78.9 Å². The fraction of sp³-hybridized carbons (Fsp3) is 0.0909. The first-order valence-electron chi connectivity index (χ1n) is 8.96. The summed E-state index contributed by atoms with van der Waals surface area (Å²) in [6.07, 6.45) is 0. The molecule has 0 radical (unpaired) electrons. The van der Waals surface area contributed by atoms with Crippen LogP contribution in [0.25, 0.3) is 10.9 Å². The summed E-state index contributed by atoms with van der Waals surface area (Å²) in [4.78, 5) is 12.5. The Kier molecular flexibility index (Phi) is 5.20. The van der Waals surface area contributed by atoms with Crippen LogP contribution in [-0.4, -0.2) is 22.3 Å². The smallest absolute Gasteiger partial charge is 0.387 e. The average Bonchev–Trinajstić information content (AvgIpc) is 3.07. The van der Waals surface area contributed by atoms with Crippen molar-refractivity contribution in [3.63, 3.8) is 0 Å². The van der Waals surface area contributed by atoms with Gasteiger partial charge in [0.2, 0.25) is 0 Å². The van der Waals surface area contributed by atoms with E-state index < -0.39 is 6.61 Å². The summed E-state index contributed by atoms with van der Waals surface area (Å²) in [6, 6.07) is 22.9. The van der Waals surface area contributed by atoms with E-state index in [-0.39, 0.29) is 11.7 Å². The zero-order chi connectivity index (χ0) is 20.2. The number of hydrogen-bond acceptors (Lipinski definition) is 3. The van der Waals surface area contributed by atoms with E-state index in [9.17, 15) is 13.6 Å². The SMILES string of the molecule is O=C(Nc1nn(Cc2ccc(OC(F)F)cc2)c2ccccc12)c1ccccc1. The quantitative estimate of drug-likeness (QED) is 0.505. The number of anilines is 1. The van der Waals surface area contributed by atoms with Gasteiger partial charge in [-0.2, -0.15) is 13.9 Å². The zero-order valence-electron chi connectivity index (χ0n) is 15.3. The largest absolute Gasteiger partial charge is 0.435 e. The first-order chi connectivity index (χ1) is 14.1. The van der Waals surface area contributed by atoms with Gasteiger partial charge in [-0.15, -0.1) is 0 Å². The summed E-state index contributed by atoms with van der Waals surface area (Å²) in [5, 5.41) is 8.23. The minimum Gasteiger partial charge on any atom is -0.435 e. The van der Waals surface area contributed by atoms with Gasteiger partial charge in [-0.1, -0.05) is 42.5 Å². The third-order valence-electron chi connectivity index (χ3n) is 4.41. The number of para-hydroxylation sites is 1. The molecule has 4 aromatic rings. The van der Waals surface area contributed by atoms with Crippen molar-refractivity contribution in [1.29, 1.82) is 0 Å². The van der Waals surface area contributed by atoms with Crippen molar-refractivity contribution < 1.29 is 18.3 Å². The molecule has 0 aliphatic rings. The number of fused-ring (bicyclic) bond motifs is 1. The molecule has 0 aliphatic heterocycles. The fourth-order valence-electron chi connectivity index (χ4n) is 3.06. The van der Waals surface area contributed by atoms with Gasteiger partial charge >= 0.3 is 6.61 Å². The average molecular weight is 393 g/mol. The third kappa shape index (κ3) is 4.24. The van der Waals surface area contributed by atoms with E-state index in [1.165, 1.54) is 12.1 Å². The van der Waals surface area contributed by atoms with Gasteiger partial charge in [-0.3, -0.25) is 9.48 Å². The predicted octanol–water partition coefficient (Wildman–Crippen LogP) is 4.94. The van der Waals surface area contributed by atoms with Crippen LogP contribution in [0.3, 0.4) is 0 Å². The molecule has 1 aromatic heterocycles. The maximum atomic E-state index is 12.5. The minimum atomic E-state index is -2.85. The molecule has 1 N–H and O–H groups in total. The summed E-state index contributed by atoms with van der Waals surface area (Å²) < 4.78 is 30.7. The van der Waals surface area contributed by atoms with Crippen LogP contribution in [0, 0.1) is 0 Å². The van der Waals surface area contributed by atoms with E-state index in [1.54, 1.807) is 41.1 Å². The van der Waals surface area contributed by atoms with Crippen molar-refractivity contribution >= 4 is 22.6 Å². The summed E-state index contributed by atoms with van der Waals surface area (Å²) in [6.45, 7) is -2.44. The molecule has 3 aromatic carbocycles. The summed E-state index contributed by atoms with van der Waals surface area (Å²) >= 11 is 0. The van der Waals surface area contributed by atoms with Crippen LogP contribution in [0.4, 0.5) is 14.6 Å². The molecule has 0 aliphatic carbocycles. The number of aromatic nitrogens is 2. The molecule has 146 valence electrons. The van der Waals surface area contributed by atoms with Gasteiger partial charge in [0.1, 0.15) is 5.75 Å². The molecule has 1 heterocycles. The maximum absolute atomic E-state index is 12.5. The van der Waals surface area contributed by atoms with Gasteiger partial charge < -0.3 is 10.1 Å². The van der Waals surface area contributed by atoms with Crippen molar-refractivity contribution in [2.24, 2.45) is 0 Å². The first-order valence-corrected chi connectivity index (χ1v) is 8.96. The Balaban J connectivity index is 1.60. The number of carbonyl (C=O) groups is 1. The number of halogens is 2. The number of rotatable bonds is 6. The molecule has 4 rings (SSSR count). The number of nitrogens with zero attached hydrogens (tertiary/aromatic N) is 2. The maximum Gasteiger partial charge on any atom is 0.387 e. The number of amides is 1. The predicted molar refractivity (Wildman–Crippen MR) is 106 cm³/mol. The van der Waals surface area contributed by atoms with Crippen molar-refractivity contribution in [1.82, 2.24) is 9.78 Å². The van der Waals surface area contributed by atoms with Gasteiger partial charge in [0.25, 0.3) is 5.91 Å². The van der Waals surface area contributed by atoms with E-state index in [4.69, 9.17) is 0 Å². The van der Waals surface area contributed by atoms with E-state index >= 15 is 0 Å². The lowest BCUT2D eigenvalue weighted by molar-refractivity contribution is -0.0498. The van der Waals surface area contributed by atoms with Crippen LogP contribution in [-0.2, 0) is 6.54 Å². The van der Waals surface area contributed by atoms with Crippen LogP contribution in [0.5, 0.6) is 5.75 Å². The molecule has 1 amide bonds. The molecule has 0 atom stereocenters. The van der Waals surface area contributed by atoms with Gasteiger partial charge in [0, 0.05) is 10.9 Å². The lowest BCUT2D eigenvalue weighted by Crippen LogP contribution is -2.12. The Bertz CT molecular complexity index is 1130. The molecular formula is C22H17F2N3O2. The highest BCUT2D eigenvalue weighted by molar-refractivity contribution is 6.07. The standard InChI is InChI=1S/C22H17F2N3O2/c23-22(24)29-17-12-10-15(11-13-17)14-27-19-9-5-4-8-18(19)20(26-27)25-21(28)16-6-2-1-3-7-16/h1-13,22H,14H2,(H,25,26,28). The molecule has 5 nitrogen and oxygen atoms in total. The van der Waals surface area contributed by atoms with E-state index in [2.05, 4.69) is 15.2 Å². The second kappa shape index (κ2) is 8.10. The third-order valence-corrected chi connectivity index (χ3v) is 4.41. The normalized spacial score (nSPS) is 11.0. The molecule has 0 bridgehead atoms. The summed E-state index contributed by atoms with van der Waals surface area (Å²) in [7, 11) is 0. The Labute approximate surface area is 165 Å². The Morgan fingerprint density at radius 3 is 2.38 bits per heavy atom. The number of alkyl halides is 2. The van der Waals surface area contributed by atoms with Crippen LogP contribution in [0.1, 0.15) is 15.9 Å². The van der Waals surface area contributed by atoms with Gasteiger partial charge in [-0.25, -0.2) is 0 Å². The number of carbonyl (C=O) groups excluding carboxylic acids is 1. The first kappa shape index (κ1) is 18.6. The minimum absolute atomic E-state index is 0.102. The van der Waals surface area contributed by atoms with Gasteiger partial charge in [0.15, 0.2) is 5.82 Å². The molecule has 0 unspecified atom stereocenters. The second-order valence-electron chi connectivity index (χ2n) is 6.37. The zero-order valence-corrected chi connectivity index (χ0v) is 15.3. The van der Waals surface area contributed by atoms with Crippen LogP contribution >= 0.6 is 0 Å². The molecule has 29 heavy (non-hydrogen) atoms. The topological polar surface area (TPSA) is 56.2 Å². The summed E-state index contributed by atoms with van der Waals surface area (Å²) in [5.74, 6) is 0.325. The van der Waals surface area contributed by atoms with Crippen LogP contribution in [0.2, 0.25) is 0 Å². The molecule has 0 fully saturated rings. The van der Waals surface area contributed by atoms with Gasteiger partial charge in [-0.05, 0) is 42.0 Å². The molecule has 0 spiro atoms. The molecule has 0 saturated carbocycles. The van der Waals surface area contributed by atoms with Gasteiger partial charge in [0.05, 0.1) is 12.1 Å². The van der Waals surface area contributed by atoms with Crippen molar-refractivity contribution in [3.8, 4) is 5.75 Å². The second-order valence-corrected chi connectivity index (χ2v) is 6.37. The highest BCUT2D eigenvalue weighted by Gasteiger charge is 2.14. The van der Waals surface area contributed by atoms with Crippen LogP contribution < -0.4 is 10.1 Å². The van der Waals surface area contributed by atoms with Crippen molar-refractivity contribution in [2.75, 3.05) is 5.32 Å². The molecular weight excluding hydrogens is 376 g/mol. The number of hydrogen-bond donors (Lipinski definition) is 1. The van der Waals surface area contributed by atoms with Crippen molar-refractivity contribution in [3.05, 3.63) is 90.0 Å². The highest BCUT2D eigenvalue weighted by atomic mass is 19.3. The Hall–Kier alpha value is -3.74. The number of nitrogens with one attached hydrogen (secondary N) is 1. The van der Waals surface area contributed by atoms with E-state index in [0.29, 0.717) is 17.9 Å². The fourth-order valence-corrected chi connectivity index (χ4v) is 3.06. The molecule has 7 heteroatoms. The highest BCUT2D eigenvalue weighted by Crippen LogP contribution is 2.24. The number of ether oxygens (including phenoxy) is 1. The lowest BCUT2D eigenvalue weighted by Gasteiger charge is -2.07. The number of benzene rings is 3.